The number of nitro benzene ring substituents is 1. The number of carbonyl (C=O) groups is 1. The van der Waals surface area contributed by atoms with Crippen molar-refractivity contribution < 1.29 is 9.72 Å². The molecule has 0 aliphatic carbocycles. The molecule has 0 aliphatic heterocycles. The van der Waals surface area contributed by atoms with Crippen molar-refractivity contribution in [1.82, 2.24) is 10.3 Å². The van der Waals surface area contributed by atoms with Crippen LogP contribution in [0.1, 0.15) is 10.4 Å². The van der Waals surface area contributed by atoms with Crippen LogP contribution in [-0.2, 0) is 0 Å². The third kappa shape index (κ3) is 4.64. The first-order valence-electron chi connectivity index (χ1n) is 6.55. The van der Waals surface area contributed by atoms with E-state index in [-0.39, 0.29) is 28.9 Å². The van der Waals surface area contributed by atoms with Crippen molar-refractivity contribution in [3.63, 3.8) is 0 Å². The Labute approximate surface area is 145 Å². The Kier molecular flexibility index (Phi) is 5.89. The van der Waals surface area contributed by atoms with Crippen LogP contribution in [-0.4, -0.2) is 28.9 Å². The van der Waals surface area contributed by atoms with Crippen LogP contribution in [0.2, 0.25) is 5.15 Å². The van der Waals surface area contributed by atoms with Gasteiger partial charge in [0.1, 0.15) is 10.8 Å². The van der Waals surface area contributed by atoms with E-state index in [1.54, 1.807) is 24.3 Å². The summed E-state index contributed by atoms with van der Waals surface area (Å²) < 4.78 is 0.644. The van der Waals surface area contributed by atoms with Crippen LogP contribution in [0, 0.1) is 10.1 Å². The Morgan fingerprint density at radius 2 is 2.09 bits per heavy atom. The molecule has 0 radical (unpaired) electrons. The third-order valence-corrected chi connectivity index (χ3v) is 3.61. The number of hydrogen-bond acceptors (Lipinski definition) is 5. The maximum absolute atomic E-state index is 12.0. The van der Waals surface area contributed by atoms with E-state index in [4.69, 9.17) is 11.6 Å². The molecule has 23 heavy (non-hydrogen) atoms. The molecule has 0 spiro atoms. The first-order chi connectivity index (χ1) is 11.0. The van der Waals surface area contributed by atoms with E-state index in [1.807, 2.05) is 0 Å². The Morgan fingerprint density at radius 1 is 1.35 bits per heavy atom. The molecule has 1 aromatic heterocycles. The first-order valence-corrected chi connectivity index (χ1v) is 7.72. The zero-order valence-electron chi connectivity index (χ0n) is 11.8. The van der Waals surface area contributed by atoms with E-state index in [9.17, 15) is 14.9 Å². The summed E-state index contributed by atoms with van der Waals surface area (Å²) in [6.07, 6.45) is 1.50. The minimum atomic E-state index is -0.464. The number of nitro groups is 1. The first kappa shape index (κ1) is 17.2. The SMILES string of the molecule is O=C(NCCNc1ccccc1[N+](=O)[O-])c1cc(Br)cnc1Cl. The fourth-order valence-corrected chi connectivity index (χ4v) is 2.35. The Hall–Kier alpha value is -2.19. The van der Waals surface area contributed by atoms with Crippen LogP contribution in [0.5, 0.6) is 0 Å². The number of para-hydroxylation sites is 2. The number of amides is 1. The Morgan fingerprint density at radius 3 is 2.83 bits per heavy atom. The van der Waals surface area contributed by atoms with Crippen molar-refractivity contribution in [3.05, 3.63) is 61.8 Å². The molecule has 1 heterocycles. The van der Waals surface area contributed by atoms with Crippen LogP contribution in [0.15, 0.2) is 41.0 Å². The average Bonchev–Trinajstić information content (AvgIpc) is 2.53. The van der Waals surface area contributed by atoms with Crippen molar-refractivity contribution in [2.75, 3.05) is 18.4 Å². The fraction of sp³-hybridized carbons (Fsp3) is 0.143. The summed E-state index contributed by atoms with van der Waals surface area (Å²) in [4.78, 5) is 26.3. The summed E-state index contributed by atoms with van der Waals surface area (Å²) in [5, 5.41) is 16.6. The number of benzene rings is 1. The molecule has 9 heteroatoms. The molecular formula is C14H12BrClN4O3. The molecule has 0 fully saturated rings. The molecule has 120 valence electrons. The van der Waals surface area contributed by atoms with Crippen LogP contribution >= 0.6 is 27.5 Å². The lowest BCUT2D eigenvalue weighted by molar-refractivity contribution is -0.384. The van der Waals surface area contributed by atoms with Crippen molar-refractivity contribution >= 4 is 44.8 Å². The van der Waals surface area contributed by atoms with E-state index in [1.165, 1.54) is 12.3 Å². The average molecular weight is 400 g/mol. The smallest absolute Gasteiger partial charge is 0.292 e. The van der Waals surface area contributed by atoms with Gasteiger partial charge in [0, 0.05) is 29.8 Å². The molecule has 0 bridgehead atoms. The predicted octanol–water partition coefficient (Wildman–Crippen LogP) is 3.25. The third-order valence-electron chi connectivity index (χ3n) is 2.88. The van der Waals surface area contributed by atoms with Gasteiger partial charge in [-0.2, -0.15) is 0 Å². The van der Waals surface area contributed by atoms with Gasteiger partial charge in [0.25, 0.3) is 11.6 Å². The number of anilines is 1. The lowest BCUT2D eigenvalue weighted by atomic mass is 10.2. The van der Waals surface area contributed by atoms with Gasteiger partial charge in [-0.1, -0.05) is 23.7 Å². The largest absolute Gasteiger partial charge is 0.378 e. The topological polar surface area (TPSA) is 97.2 Å². The van der Waals surface area contributed by atoms with Crippen molar-refractivity contribution in [1.29, 1.82) is 0 Å². The summed E-state index contributed by atoms with van der Waals surface area (Å²) in [7, 11) is 0. The van der Waals surface area contributed by atoms with Crippen molar-refractivity contribution in [2.45, 2.75) is 0 Å². The van der Waals surface area contributed by atoms with E-state index >= 15 is 0 Å². The highest BCUT2D eigenvalue weighted by molar-refractivity contribution is 9.10. The number of rotatable bonds is 6. The van der Waals surface area contributed by atoms with E-state index in [0.29, 0.717) is 16.7 Å². The molecule has 2 N–H and O–H groups in total. The summed E-state index contributed by atoms with van der Waals surface area (Å²) in [5.74, 6) is -0.367. The second kappa shape index (κ2) is 7.89. The highest BCUT2D eigenvalue weighted by atomic mass is 79.9. The highest BCUT2D eigenvalue weighted by Crippen LogP contribution is 2.22. The van der Waals surface area contributed by atoms with Crippen molar-refractivity contribution in [3.8, 4) is 0 Å². The van der Waals surface area contributed by atoms with Gasteiger partial charge < -0.3 is 10.6 Å². The van der Waals surface area contributed by atoms with Crippen LogP contribution < -0.4 is 10.6 Å². The standard InChI is InChI=1S/C14H12BrClN4O3/c15-9-7-10(13(16)19-8-9)14(21)18-6-5-17-11-3-1-2-4-12(11)20(22)23/h1-4,7-8,17H,5-6H2,(H,18,21). The normalized spacial score (nSPS) is 10.2. The number of aromatic nitrogens is 1. The van der Waals surface area contributed by atoms with Gasteiger partial charge in [-0.05, 0) is 28.1 Å². The number of nitrogens with one attached hydrogen (secondary N) is 2. The van der Waals surface area contributed by atoms with E-state index < -0.39 is 4.92 Å². The van der Waals surface area contributed by atoms with Gasteiger partial charge in [0.2, 0.25) is 0 Å². The lowest BCUT2D eigenvalue weighted by Gasteiger charge is -2.09. The second-order valence-corrected chi connectivity index (χ2v) is 5.72. The van der Waals surface area contributed by atoms with Gasteiger partial charge in [-0.3, -0.25) is 14.9 Å². The zero-order valence-corrected chi connectivity index (χ0v) is 14.1. The summed E-state index contributed by atoms with van der Waals surface area (Å²) in [5.41, 5.74) is 0.638. The number of pyridine rings is 1. The Bertz CT molecular complexity index is 742. The maximum Gasteiger partial charge on any atom is 0.292 e. The van der Waals surface area contributed by atoms with Gasteiger partial charge in [-0.25, -0.2) is 4.98 Å². The van der Waals surface area contributed by atoms with E-state index in [2.05, 4.69) is 31.5 Å². The monoisotopic (exact) mass is 398 g/mol. The van der Waals surface area contributed by atoms with Crippen LogP contribution in [0.25, 0.3) is 0 Å². The number of nitrogens with zero attached hydrogens (tertiary/aromatic N) is 2. The quantitative estimate of drug-likeness (QED) is 0.336. The van der Waals surface area contributed by atoms with E-state index in [0.717, 1.165) is 0 Å². The minimum Gasteiger partial charge on any atom is -0.378 e. The van der Waals surface area contributed by atoms with Gasteiger partial charge >= 0.3 is 0 Å². The van der Waals surface area contributed by atoms with Crippen molar-refractivity contribution in [2.24, 2.45) is 0 Å². The predicted molar refractivity (Wildman–Crippen MR) is 90.9 cm³/mol. The molecule has 0 saturated carbocycles. The lowest BCUT2D eigenvalue weighted by Crippen LogP contribution is -2.29. The molecule has 1 amide bonds. The molecular weight excluding hydrogens is 388 g/mol. The summed E-state index contributed by atoms with van der Waals surface area (Å²) in [6.45, 7) is 0.601. The number of halogens is 2. The highest BCUT2D eigenvalue weighted by Gasteiger charge is 2.13. The van der Waals surface area contributed by atoms with Gasteiger partial charge in [0.15, 0.2) is 0 Å². The molecule has 0 aliphatic rings. The molecule has 2 rings (SSSR count). The fourth-order valence-electron chi connectivity index (χ4n) is 1.83. The van der Waals surface area contributed by atoms with Crippen LogP contribution in [0.3, 0.4) is 0 Å². The van der Waals surface area contributed by atoms with Gasteiger partial charge in [0.05, 0.1) is 10.5 Å². The summed E-state index contributed by atoms with van der Waals surface area (Å²) >= 11 is 9.09. The molecule has 1 aromatic carbocycles. The maximum atomic E-state index is 12.0. The van der Waals surface area contributed by atoms with Gasteiger partial charge in [-0.15, -0.1) is 0 Å². The Balaban J connectivity index is 1.90. The molecule has 2 aromatic rings. The number of hydrogen-bond donors (Lipinski definition) is 2. The summed E-state index contributed by atoms with van der Waals surface area (Å²) in [6, 6.07) is 7.87. The second-order valence-electron chi connectivity index (χ2n) is 4.45. The number of carbonyl (C=O) groups excluding carboxylic acids is 1. The zero-order chi connectivity index (χ0) is 16.8. The molecule has 7 nitrogen and oxygen atoms in total. The molecule has 0 saturated heterocycles. The molecule has 0 unspecified atom stereocenters. The molecule has 0 atom stereocenters. The van der Waals surface area contributed by atoms with Crippen LogP contribution in [0.4, 0.5) is 11.4 Å². The minimum absolute atomic E-state index is 0.0157.